The van der Waals surface area contributed by atoms with Crippen LogP contribution in [0.2, 0.25) is 0 Å². The summed E-state index contributed by atoms with van der Waals surface area (Å²) in [4.78, 5) is 4.72. The zero-order chi connectivity index (χ0) is 16.9. The highest BCUT2D eigenvalue weighted by Crippen LogP contribution is 2.24. The van der Waals surface area contributed by atoms with Gasteiger partial charge in [-0.3, -0.25) is 9.80 Å². The Balaban J connectivity index is 1.49. The van der Waals surface area contributed by atoms with Gasteiger partial charge in [-0.2, -0.15) is 8.78 Å². The fourth-order valence-corrected chi connectivity index (χ4v) is 3.45. The summed E-state index contributed by atoms with van der Waals surface area (Å²) in [7, 11) is 0. The second kappa shape index (κ2) is 8.18. The molecule has 0 bridgehead atoms. The molecule has 2 aliphatic heterocycles. The van der Waals surface area contributed by atoms with E-state index in [1.807, 2.05) is 0 Å². The van der Waals surface area contributed by atoms with Crippen LogP contribution in [0.15, 0.2) is 18.2 Å². The van der Waals surface area contributed by atoms with Gasteiger partial charge in [0.05, 0.1) is 13.2 Å². The molecule has 134 valence electrons. The van der Waals surface area contributed by atoms with Gasteiger partial charge in [0.2, 0.25) is 0 Å². The number of ether oxygens (including phenoxy) is 2. The molecule has 0 saturated carbocycles. The Hall–Kier alpha value is -1.31. The zero-order valence-electron chi connectivity index (χ0n) is 13.6. The third kappa shape index (κ3) is 4.84. The Kier molecular flexibility index (Phi) is 5.97. The maximum Gasteiger partial charge on any atom is 0.387 e. The fourth-order valence-electron chi connectivity index (χ4n) is 3.45. The van der Waals surface area contributed by atoms with Gasteiger partial charge in [-0.05, 0) is 36.6 Å². The van der Waals surface area contributed by atoms with Crippen LogP contribution < -0.4 is 4.74 Å². The van der Waals surface area contributed by atoms with Crippen LogP contribution in [-0.4, -0.2) is 62.3 Å². The number of alkyl halides is 2. The Labute approximate surface area is 140 Å². The van der Waals surface area contributed by atoms with Gasteiger partial charge in [0.15, 0.2) is 11.6 Å². The molecule has 0 radical (unpaired) electrons. The van der Waals surface area contributed by atoms with Crippen molar-refractivity contribution in [1.29, 1.82) is 0 Å². The van der Waals surface area contributed by atoms with E-state index in [-0.39, 0.29) is 0 Å². The van der Waals surface area contributed by atoms with E-state index >= 15 is 0 Å². The maximum absolute atomic E-state index is 13.8. The number of halogens is 3. The highest BCUT2D eigenvalue weighted by Gasteiger charge is 2.25. The summed E-state index contributed by atoms with van der Waals surface area (Å²) in [6, 6.07) is 4.21. The van der Waals surface area contributed by atoms with Crippen LogP contribution in [0.5, 0.6) is 5.75 Å². The van der Waals surface area contributed by atoms with Gasteiger partial charge < -0.3 is 9.47 Å². The van der Waals surface area contributed by atoms with E-state index in [0.29, 0.717) is 12.5 Å². The predicted octanol–water partition coefficient (Wildman–Crippen LogP) is 2.58. The molecule has 0 N–H and O–H groups in total. The average Bonchev–Trinajstić information content (AvgIpc) is 2.98. The van der Waals surface area contributed by atoms with E-state index < -0.39 is 18.2 Å². The predicted molar refractivity (Wildman–Crippen MR) is 83.7 cm³/mol. The summed E-state index contributed by atoms with van der Waals surface area (Å²) in [6.07, 6.45) is 1.13. The second-order valence-electron chi connectivity index (χ2n) is 6.45. The number of hydrogen-bond acceptors (Lipinski definition) is 4. The molecule has 0 spiro atoms. The Bertz CT molecular complexity index is 539. The third-order valence-electron chi connectivity index (χ3n) is 4.61. The standard InChI is InChI=1S/C17H23F3N2O2/c18-15-9-13(1-2-16(15)24-17(19)20)10-22-4-3-14(12-22)11-21-5-7-23-8-6-21/h1-2,9,14,17H,3-8,10-12H2. The van der Waals surface area contributed by atoms with Crippen molar-refractivity contribution in [2.45, 2.75) is 19.6 Å². The summed E-state index contributed by atoms with van der Waals surface area (Å²) in [5.41, 5.74) is 0.779. The summed E-state index contributed by atoms with van der Waals surface area (Å²) < 4.78 is 47.6. The van der Waals surface area contributed by atoms with E-state index in [1.54, 1.807) is 6.07 Å². The van der Waals surface area contributed by atoms with E-state index in [2.05, 4.69) is 14.5 Å². The van der Waals surface area contributed by atoms with Crippen LogP contribution in [0.4, 0.5) is 13.2 Å². The highest BCUT2D eigenvalue weighted by atomic mass is 19.3. The SMILES string of the molecule is Fc1cc(CN2CCC(CN3CCOCC3)C2)ccc1OC(F)F. The number of nitrogens with zero attached hydrogens (tertiary/aromatic N) is 2. The lowest BCUT2D eigenvalue weighted by atomic mass is 10.1. The van der Waals surface area contributed by atoms with E-state index in [9.17, 15) is 13.2 Å². The molecule has 1 aromatic rings. The van der Waals surface area contributed by atoms with Crippen molar-refractivity contribution in [3.63, 3.8) is 0 Å². The Morgan fingerprint density at radius 2 is 1.96 bits per heavy atom. The third-order valence-corrected chi connectivity index (χ3v) is 4.61. The van der Waals surface area contributed by atoms with Gasteiger partial charge in [-0.15, -0.1) is 0 Å². The molecular weight excluding hydrogens is 321 g/mol. The van der Waals surface area contributed by atoms with E-state index in [4.69, 9.17) is 4.74 Å². The highest BCUT2D eigenvalue weighted by molar-refractivity contribution is 5.29. The molecule has 2 heterocycles. The minimum atomic E-state index is -3.01. The van der Waals surface area contributed by atoms with Crippen molar-refractivity contribution in [3.8, 4) is 5.75 Å². The summed E-state index contributed by atoms with van der Waals surface area (Å²) in [5, 5.41) is 0. The van der Waals surface area contributed by atoms with Crippen LogP contribution in [0.1, 0.15) is 12.0 Å². The van der Waals surface area contributed by atoms with Crippen molar-refractivity contribution in [2.75, 3.05) is 45.9 Å². The zero-order valence-corrected chi connectivity index (χ0v) is 13.6. The Morgan fingerprint density at radius 1 is 1.17 bits per heavy atom. The van der Waals surface area contributed by atoms with Gasteiger partial charge in [0.1, 0.15) is 0 Å². The minimum absolute atomic E-state index is 0.402. The quantitative estimate of drug-likeness (QED) is 0.792. The van der Waals surface area contributed by atoms with Gasteiger partial charge in [-0.25, -0.2) is 4.39 Å². The number of morpholine rings is 1. The van der Waals surface area contributed by atoms with Gasteiger partial charge in [0, 0.05) is 32.7 Å². The average molecular weight is 344 g/mol. The topological polar surface area (TPSA) is 24.9 Å². The van der Waals surface area contributed by atoms with Crippen LogP contribution in [-0.2, 0) is 11.3 Å². The largest absolute Gasteiger partial charge is 0.432 e. The number of rotatable bonds is 6. The summed E-state index contributed by atoms with van der Waals surface area (Å²) in [5.74, 6) is -0.522. The molecule has 1 atom stereocenters. The smallest absolute Gasteiger partial charge is 0.387 e. The van der Waals surface area contributed by atoms with Crippen LogP contribution in [0, 0.1) is 11.7 Å². The van der Waals surface area contributed by atoms with Crippen molar-refractivity contribution < 1.29 is 22.6 Å². The fraction of sp³-hybridized carbons (Fsp3) is 0.647. The molecule has 2 fully saturated rings. The monoisotopic (exact) mass is 344 g/mol. The minimum Gasteiger partial charge on any atom is -0.432 e. The lowest BCUT2D eigenvalue weighted by molar-refractivity contribution is -0.0522. The Morgan fingerprint density at radius 3 is 2.67 bits per heavy atom. The molecule has 0 aliphatic carbocycles. The maximum atomic E-state index is 13.8. The number of hydrogen-bond donors (Lipinski definition) is 0. The van der Waals surface area contributed by atoms with Gasteiger partial charge in [-0.1, -0.05) is 6.07 Å². The molecule has 1 unspecified atom stereocenters. The van der Waals surface area contributed by atoms with Gasteiger partial charge in [0.25, 0.3) is 0 Å². The van der Waals surface area contributed by atoms with Crippen molar-refractivity contribution in [1.82, 2.24) is 9.80 Å². The van der Waals surface area contributed by atoms with E-state index in [0.717, 1.165) is 57.9 Å². The lowest BCUT2D eigenvalue weighted by Gasteiger charge is -2.29. The first-order valence-electron chi connectivity index (χ1n) is 8.36. The molecule has 3 rings (SSSR count). The molecule has 0 amide bonds. The van der Waals surface area contributed by atoms with Crippen LogP contribution in [0.25, 0.3) is 0 Å². The molecule has 2 saturated heterocycles. The first-order chi connectivity index (χ1) is 11.6. The molecule has 0 aromatic heterocycles. The normalized spacial score (nSPS) is 23.1. The summed E-state index contributed by atoms with van der Waals surface area (Å²) in [6.45, 7) is 4.26. The summed E-state index contributed by atoms with van der Waals surface area (Å²) >= 11 is 0. The molecule has 2 aliphatic rings. The van der Waals surface area contributed by atoms with Crippen molar-refractivity contribution >= 4 is 0 Å². The molecule has 7 heteroatoms. The first kappa shape index (κ1) is 17.5. The van der Waals surface area contributed by atoms with Crippen molar-refractivity contribution in [2.24, 2.45) is 5.92 Å². The second-order valence-corrected chi connectivity index (χ2v) is 6.45. The van der Waals surface area contributed by atoms with Crippen LogP contribution in [0.3, 0.4) is 0 Å². The molecule has 4 nitrogen and oxygen atoms in total. The molecule has 1 aromatic carbocycles. The van der Waals surface area contributed by atoms with Crippen molar-refractivity contribution in [3.05, 3.63) is 29.6 Å². The van der Waals surface area contributed by atoms with Crippen LogP contribution >= 0.6 is 0 Å². The molecular formula is C17H23F3N2O2. The number of likely N-dealkylation sites (tertiary alicyclic amines) is 1. The lowest BCUT2D eigenvalue weighted by Crippen LogP contribution is -2.39. The molecule has 24 heavy (non-hydrogen) atoms. The van der Waals surface area contributed by atoms with E-state index in [1.165, 1.54) is 12.1 Å². The number of benzene rings is 1. The van der Waals surface area contributed by atoms with Gasteiger partial charge >= 0.3 is 6.61 Å². The first-order valence-corrected chi connectivity index (χ1v) is 8.36.